The first-order valence-corrected chi connectivity index (χ1v) is 9.19. The van der Waals surface area contributed by atoms with Gasteiger partial charge in [0.05, 0.1) is 0 Å². The van der Waals surface area contributed by atoms with E-state index in [-0.39, 0.29) is 29.4 Å². The third kappa shape index (κ3) is 4.07. The molecule has 2 aromatic rings. The van der Waals surface area contributed by atoms with Gasteiger partial charge in [0, 0.05) is 23.4 Å². The zero-order chi connectivity index (χ0) is 22.0. The minimum absolute atomic E-state index is 0.0560. The fraction of sp³-hybridized carbons (Fsp3) is 0.250. The average molecular weight is 411 g/mol. The number of carbonyl (C=O) groups is 3. The Balaban J connectivity index is 1.85. The van der Waals surface area contributed by atoms with E-state index in [0.29, 0.717) is 24.1 Å². The molecule has 1 aromatic heterocycles. The first-order chi connectivity index (χ1) is 14.2. The minimum atomic E-state index is -1.44. The number of anilines is 1. The van der Waals surface area contributed by atoms with Crippen molar-refractivity contribution < 1.29 is 19.5 Å². The van der Waals surface area contributed by atoms with Crippen molar-refractivity contribution in [3.05, 3.63) is 63.1 Å². The van der Waals surface area contributed by atoms with Crippen molar-refractivity contribution in [3.63, 3.8) is 0 Å². The van der Waals surface area contributed by atoms with Gasteiger partial charge < -0.3 is 16.2 Å². The van der Waals surface area contributed by atoms with Gasteiger partial charge in [0.25, 0.3) is 5.56 Å². The minimum Gasteiger partial charge on any atom is -0.465 e. The monoisotopic (exact) mass is 411 g/mol. The van der Waals surface area contributed by atoms with Crippen LogP contribution in [0.1, 0.15) is 46.6 Å². The van der Waals surface area contributed by atoms with Crippen LogP contribution in [0.2, 0.25) is 0 Å². The SMILES string of the molecule is CC(=O)c1cc(NC(=O)O)c(=O)n2c1CCC2C(=O)NCc1ccc(C(=N)N)cc1. The van der Waals surface area contributed by atoms with Gasteiger partial charge in [0.15, 0.2) is 5.78 Å². The second-order valence-corrected chi connectivity index (χ2v) is 6.96. The Hall–Kier alpha value is -3.95. The third-order valence-electron chi connectivity index (χ3n) is 4.96. The van der Waals surface area contributed by atoms with Crippen LogP contribution < -0.4 is 21.9 Å². The maximum Gasteiger partial charge on any atom is 0.409 e. The van der Waals surface area contributed by atoms with Gasteiger partial charge in [-0.3, -0.25) is 29.7 Å². The van der Waals surface area contributed by atoms with E-state index in [0.717, 1.165) is 5.56 Å². The number of carboxylic acid groups (broad SMARTS) is 1. The number of amidine groups is 1. The van der Waals surface area contributed by atoms with E-state index in [1.54, 1.807) is 24.3 Å². The van der Waals surface area contributed by atoms with Gasteiger partial charge in [-0.1, -0.05) is 24.3 Å². The lowest BCUT2D eigenvalue weighted by molar-refractivity contribution is -0.124. The van der Waals surface area contributed by atoms with Crippen molar-refractivity contribution in [2.75, 3.05) is 5.32 Å². The number of nitrogens with zero attached hydrogens (tertiary/aromatic N) is 1. The lowest BCUT2D eigenvalue weighted by Crippen LogP contribution is -2.37. The van der Waals surface area contributed by atoms with Crippen LogP contribution in [0.25, 0.3) is 0 Å². The summed E-state index contributed by atoms with van der Waals surface area (Å²) in [5, 5.41) is 21.1. The second-order valence-electron chi connectivity index (χ2n) is 6.96. The number of rotatable bonds is 6. The van der Waals surface area contributed by atoms with Crippen molar-refractivity contribution in [3.8, 4) is 0 Å². The summed E-state index contributed by atoms with van der Waals surface area (Å²) in [6.07, 6.45) is -0.764. The van der Waals surface area contributed by atoms with Crippen LogP contribution in [0.3, 0.4) is 0 Å². The number of pyridine rings is 1. The fourth-order valence-electron chi connectivity index (χ4n) is 3.53. The number of fused-ring (bicyclic) bond motifs is 1. The maximum absolute atomic E-state index is 12.8. The topological polar surface area (TPSA) is 167 Å². The predicted octanol–water partition coefficient (Wildman–Crippen LogP) is 1.23. The summed E-state index contributed by atoms with van der Waals surface area (Å²) in [4.78, 5) is 48.6. The number of aromatic nitrogens is 1. The number of nitrogens with one attached hydrogen (secondary N) is 3. The lowest BCUT2D eigenvalue weighted by Gasteiger charge is -2.17. The van der Waals surface area contributed by atoms with Crippen molar-refractivity contribution >= 4 is 29.3 Å². The molecule has 2 heterocycles. The van der Waals surface area contributed by atoms with E-state index in [9.17, 15) is 19.2 Å². The molecule has 30 heavy (non-hydrogen) atoms. The van der Waals surface area contributed by atoms with E-state index >= 15 is 0 Å². The molecule has 1 aliphatic heterocycles. The van der Waals surface area contributed by atoms with Crippen molar-refractivity contribution in [1.29, 1.82) is 5.41 Å². The first kappa shape index (κ1) is 20.8. The standard InChI is InChI=1S/C20H21N5O5/c1-10(26)13-8-14(24-20(29)30)19(28)25-15(13)6-7-16(25)18(27)23-9-11-2-4-12(5-3-11)17(21)22/h2-5,8,16,24H,6-7,9H2,1H3,(H3,21,22)(H,23,27)(H,29,30). The first-order valence-electron chi connectivity index (χ1n) is 9.19. The molecule has 0 radical (unpaired) electrons. The number of Topliss-reactive ketones (excluding diaryl/α,β-unsaturated/α-hetero) is 1. The van der Waals surface area contributed by atoms with Crippen LogP contribution in [-0.4, -0.2) is 33.3 Å². The highest BCUT2D eigenvalue weighted by Gasteiger charge is 2.33. The average Bonchev–Trinajstić information content (AvgIpc) is 3.13. The van der Waals surface area contributed by atoms with E-state index < -0.39 is 23.6 Å². The molecule has 156 valence electrons. The van der Waals surface area contributed by atoms with E-state index in [1.807, 2.05) is 5.32 Å². The molecule has 1 unspecified atom stereocenters. The summed E-state index contributed by atoms with van der Waals surface area (Å²) in [5.74, 6) is -0.785. The molecule has 6 N–H and O–H groups in total. The van der Waals surface area contributed by atoms with Crippen LogP contribution in [-0.2, 0) is 17.8 Å². The highest BCUT2D eigenvalue weighted by atomic mass is 16.4. The molecule has 1 aliphatic rings. The van der Waals surface area contributed by atoms with Gasteiger partial charge >= 0.3 is 6.09 Å². The zero-order valence-electron chi connectivity index (χ0n) is 16.2. The van der Waals surface area contributed by atoms with E-state index in [1.165, 1.54) is 17.6 Å². The van der Waals surface area contributed by atoms with Gasteiger partial charge in [0.1, 0.15) is 17.6 Å². The number of carbonyl (C=O) groups excluding carboxylic acids is 2. The van der Waals surface area contributed by atoms with Crippen molar-refractivity contribution in [2.24, 2.45) is 5.73 Å². The normalized spacial score (nSPS) is 14.6. The predicted molar refractivity (Wildman–Crippen MR) is 109 cm³/mol. The smallest absolute Gasteiger partial charge is 0.409 e. The van der Waals surface area contributed by atoms with E-state index in [4.69, 9.17) is 16.2 Å². The van der Waals surface area contributed by atoms with Gasteiger partial charge in [-0.15, -0.1) is 0 Å². The highest BCUT2D eigenvalue weighted by Crippen LogP contribution is 2.28. The van der Waals surface area contributed by atoms with E-state index in [2.05, 4.69) is 5.32 Å². The summed E-state index contributed by atoms with van der Waals surface area (Å²) in [7, 11) is 0. The largest absolute Gasteiger partial charge is 0.465 e. The molecule has 10 heteroatoms. The second kappa shape index (κ2) is 8.19. The van der Waals surface area contributed by atoms with Crippen LogP contribution in [0.5, 0.6) is 0 Å². The van der Waals surface area contributed by atoms with Crippen molar-refractivity contribution in [2.45, 2.75) is 32.4 Å². The Morgan fingerprint density at radius 1 is 1.27 bits per heavy atom. The molecule has 1 aromatic carbocycles. The molecule has 0 spiro atoms. The highest BCUT2D eigenvalue weighted by molar-refractivity contribution is 5.97. The third-order valence-corrected chi connectivity index (χ3v) is 4.96. The summed E-state index contributed by atoms with van der Waals surface area (Å²) >= 11 is 0. The number of ketones is 1. The van der Waals surface area contributed by atoms with Gasteiger partial charge in [-0.2, -0.15) is 0 Å². The van der Waals surface area contributed by atoms with Gasteiger partial charge in [-0.05, 0) is 31.4 Å². The number of benzene rings is 1. The van der Waals surface area contributed by atoms with Crippen LogP contribution >= 0.6 is 0 Å². The Morgan fingerprint density at radius 2 is 1.93 bits per heavy atom. The molecule has 10 nitrogen and oxygen atoms in total. The number of hydrogen-bond acceptors (Lipinski definition) is 5. The summed E-state index contributed by atoms with van der Waals surface area (Å²) in [5.41, 5.74) is 6.48. The molecule has 3 rings (SSSR count). The Kier molecular flexibility index (Phi) is 5.67. The molecule has 0 saturated heterocycles. The quantitative estimate of drug-likeness (QED) is 0.272. The zero-order valence-corrected chi connectivity index (χ0v) is 16.2. The summed E-state index contributed by atoms with van der Waals surface area (Å²) in [6.45, 7) is 1.52. The van der Waals surface area contributed by atoms with Crippen LogP contribution in [0.15, 0.2) is 35.1 Å². The molecule has 1 atom stereocenters. The molecule has 0 fully saturated rings. The number of nitrogen functional groups attached to an aromatic ring is 1. The molecule has 0 aliphatic carbocycles. The Labute approximate surface area is 171 Å². The van der Waals surface area contributed by atoms with Crippen LogP contribution in [0, 0.1) is 5.41 Å². The summed E-state index contributed by atoms with van der Waals surface area (Å²) in [6, 6.07) is 7.17. The molecule has 0 saturated carbocycles. The molecular weight excluding hydrogens is 390 g/mol. The lowest BCUT2D eigenvalue weighted by atomic mass is 10.1. The molecular formula is C20H21N5O5. The number of hydrogen-bond donors (Lipinski definition) is 5. The molecule has 0 bridgehead atoms. The number of amides is 2. The maximum atomic E-state index is 12.8. The van der Waals surface area contributed by atoms with Gasteiger partial charge in [-0.25, -0.2) is 4.79 Å². The Bertz CT molecular complexity index is 1100. The van der Waals surface area contributed by atoms with Gasteiger partial charge in [0.2, 0.25) is 5.91 Å². The summed E-state index contributed by atoms with van der Waals surface area (Å²) < 4.78 is 1.20. The van der Waals surface area contributed by atoms with Crippen molar-refractivity contribution in [1.82, 2.24) is 9.88 Å². The molecule has 2 amide bonds. The Morgan fingerprint density at radius 3 is 2.50 bits per heavy atom. The van der Waals surface area contributed by atoms with Crippen LogP contribution in [0.4, 0.5) is 10.5 Å². The fourth-order valence-corrected chi connectivity index (χ4v) is 3.53. The number of nitrogens with two attached hydrogens (primary N) is 1.